The lowest BCUT2D eigenvalue weighted by Crippen LogP contribution is -1.82. The van der Waals surface area contributed by atoms with Crippen LogP contribution >= 0.6 is 0 Å². The summed E-state index contributed by atoms with van der Waals surface area (Å²) in [5, 5.41) is 0. The summed E-state index contributed by atoms with van der Waals surface area (Å²) in [6.07, 6.45) is 0. The van der Waals surface area contributed by atoms with Gasteiger partial charge in [-0.2, -0.15) is 0 Å². The summed E-state index contributed by atoms with van der Waals surface area (Å²) in [6.45, 7) is 2.08. The molecule has 0 aliphatic heterocycles. The van der Waals surface area contributed by atoms with Crippen LogP contribution in [-0.2, 0) is 10.2 Å². The second-order valence-corrected chi connectivity index (χ2v) is 3.67. The van der Waals surface area contributed by atoms with Gasteiger partial charge in [0.05, 0.1) is 0 Å². The van der Waals surface area contributed by atoms with Gasteiger partial charge in [0.25, 0.3) is 0 Å². The first-order valence-corrected chi connectivity index (χ1v) is 5.31. The average Bonchev–Trinajstić information content (AvgIpc) is 2.19. The molecule has 0 aliphatic rings. The summed E-state index contributed by atoms with van der Waals surface area (Å²) in [5.41, 5.74) is 16.4. The Balaban J connectivity index is 0.000000288. The highest BCUT2D eigenvalue weighted by Crippen LogP contribution is 1.93. The molecule has 9 heteroatoms. The van der Waals surface area contributed by atoms with Gasteiger partial charge in [-0.25, -0.2) is 8.42 Å². The van der Waals surface area contributed by atoms with E-state index in [4.69, 9.17) is 11.1 Å². The first-order chi connectivity index (χ1) is 7.52. The number of nitrogens with zero attached hydrogens (tertiary/aromatic N) is 6. The summed E-state index contributed by atoms with van der Waals surface area (Å²) in [4.78, 5) is 3.80. The Morgan fingerprint density at radius 1 is 1.06 bits per heavy atom. The van der Waals surface area contributed by atoms with Crippen molar-refractivity contribution in [2.45, 2.75) is 6.92 Å². The number of benzene rings is 1. The van der Waals surface area contributed by atoms with Crippen molar-refractivity contribution in [1.82, 2.24) is 0 Å². The smallest absolute Gasteiger partial charge is 0.213 e. The van der Waals surface area contributed by atoms with E-state index in [9.17, 15) is 8.42 Å². The Labute approximate surface area is 92.0 Å². The highest BCUT2D eigenvalue weighted by molar-refractivity contribution is 7.88. The molecule has 0 fully saturated rings. The highest BCUT2D eigenvalue weighted by atomic mass is 32.2. The molecule has 0 radical (unpaired) electrons. The van der Waals surface area contributed by atoms with Gasteiger partial charge in [-0.3, -0.25) is 0 Å². The molecule has 0 aromatic heterocycles. The molecule has 0 spiro atoms. The minimum absolute atomic E-state index is 1.32. The van der Waals surface area contributed by atoms with Crippen molar-refractivity contribution >= 4 is 10.2 Å². The van der Waals surface area contributed by atoms with Gasteiger partial charge in [-0.1, -0.05) is 35.9 Å². The molecule has 1 aromatic carbocycles. The summed E-state index contributed by atoms with van der Waals surface area (Å²) in [7, 11) is -4.27. The first-order valence-electron chi connectivity index (χ1n) is 3.91. The van der Waals surface area contributed by atoms with Gasteiger partial charge in [0.15, 0.2) is 0 Å². The molecule has 0 N–H and O–H groups in total. The molecule has 84 valence electrons. The molecule has 0 heterocycles. The van der Waals surface area contributed by atoms with Gasteiger partial charge in [0.2, 0.25) is 0 Å². The lowest BCUT2D eigenvalue weighted by atomic mass is 10.2. The van der Waals surface area contributed by atoms with Gasteiger partial charge in [0, 0.05) is 18.9 Å². The summed E-state index contributed by atoms with van der Waals surface area (Å²) in [6, 6.07) is 10.3. The Hall–Kier alpha value is -2.21. The zero-order chi connectivity index (χ0) is 12.4. The van der Waals surface area contributed by atoms with Crippen LogP contribution in [0.2, 0.25) is 0 Å². The molecule has 0 saturated heterocycles. The third-order valence-corrected chi connectivity index (χ3v) is 1.78. The molecule has 0 bridgehead atoms. The zero-order valence-corrected chi connectivity index (χ0v) is 9.11. The van der Waals surface area contributed by atoms with Crippen LogP contribution in [0.1, 0.15) is 5.56 Å². The minimum Gasteiger partial charge on any atom is -0.213 e. The molecule has 8 nitrogen and oxygen atoms in total. The molecular weight excluding hydrogens is 232 g/mol. The fourth-order valence-electron chi connectivity index (χ4n) is 0.643. The molecule has 0 amide bonds. The molecule has 0 unspecified atom stereocenters. The Kier molecular flexibility index (Phi) is 6.15. The van der Waals surface area contributed by atoms with Crippen molar-refractivity contribution in [1.29, 1.82) is 0 Å². The van der Waals surface area contributed by atoms with Gasteiger partial charge in [-0.05, 0) is 18.0 Å². The third kappa shape index (κ3) is 7.22. The van der Waals surface area contributed by atoms with E-state index in [1.807, 2.05) is 28.0 Å². The SMILES string of the molecule is Cc1ccccc1.[N-]=[N+]=NS(=O)(=O)N=[N+]=[N-]. The van der Waals surface area contributed by atoms with Crippen molar-refractivity contribution in [2.75, 3.05) is 0 Å². The largest absolute Gasteiger partial charge is 0.321 e. The maximum atomic E-state index is 9.99. The third-order valence-electron chi connectivity index (χ3n) is 1.22. The van der Waals surface area contributed by atoms with E-state index in [2.05, 4.69) is 28.1 Å². The Bertz CT molecular complexity index is 489. The van der Waals surface area contributed by atoms with Crippen LogP contribution in [0.25, 0.3) is 20.9 Å². The number of azide groups is 1. The van der Waals surface area contributed by atoms with Crippen molar-refractivity contribution in [3.05, 3.63) is 56.8 Å². The van der Waals surface area contributed by atoms with Crippen LogP contribution in [0.3, 0.4) is 0 Å². The van der Waals surface area contributed by atoms with Crippen LogP contribution in [0, 0.1) is 6.92 Å². The van der Waals surface area contributed by atoms with Crippen molar-refractivity contribution in [3.63, 3.8) is 0 Å². The number of hydrogen-bond acceptors (Lipinski definition) is 2. The average molecular weight is 240 g/mol. The van der Waals surface area contributed by atoms with E-state index in [1.54, 1.807) is 0 Å². The Morgan fingerprint density at radius 3 is 1.75 bits per heavy atom. The molecule has 16 heavy (non-hydrogen) atoms. The van der Waals surface area contributed by atoms with E-state index < -0.39 is 10.2 Å². The Morgan fingerprint density at radius 2 is 1.50 bits per heavy atom. The van der Waals surface area contributed by atoms with Gasteiger partial charge in [-0.15, -0.1) is 0 Å². The zero-order valence-electron chi connectivity index (χ0n) is 8.29. The second-order valence-electron chi connectivity index (χ2n) is 2.44. The number of rotatable bonds is 2. The first kappa shape index (κ1) is 13.8. The van der Waals surface area contributed by atoms with E-state index >= 15 is 0 Å². The second kappa shape index (κ2) is 7.13. The predicted octanol–water partition coefficient (Wildman–Crippen LogP) is 2.85. The minimum atomic E-state index is -4.27. The quantitative estimate of drug-likeness (QED) is 0.446. The fourth-order valence-corrected chi connectivity index (χ4v) is 0.860. The molecule has 0 saturated carbocycles. The van der Waals surface area contributed by atoms with Crippen LogP contribution in [-0.4, -0.2) is 8.42 Å². The monoisotopic (exact) mass is 240 g/mol. The van der Waals surface area contributed by atoms with Crippen molar-refractivity contribution < 1.29 is 8.42 Å². The van der Waals surface area contributed by atoms with Crippen LogP contribution < -0.4 is 0 Å². The van der Waals surface area contributed by atoms with Crippen LogP contribution in [0.5, 0.6) is 0 Å². The lowest BCUT2D eigenvalue weighted by Gasteiger charge is -1.82. The maximum absolute atomic E-state index is 9.99. The van der Waals surface area contributed by atoms with Crippen LogP contribution in [0.4, 0.5) is 0 Å². The van der Waals surface area contributed by atoms with Gasteiger partial charge >= 0.3 is 10.2 Å². The van der Waals surface area contributed by atoms with E-state index in [-0.39, 0.29) is 0 Å². The van der Waals surface area contributed by atoms with E-state index in [1.165, 1.54) is 5.56 Å². The van der Waals surface area contributed by atoms with Crippen LogP contribution in [0.15, 0.2) is 39.4 Å². The molecule has 1 rings (SSSR count). The lowest BCUT2D eigenvalue weighted by molar-refractivity contribution is 0.599. The van der Waals surface area contributed by atoms with Crippen molar-refractivity contribution in [2.24, 2.45) is 9.04 Å². The van der Waals surface area contributed by atoms with Crippen molar-refractivity contribution in [3.8, 4) is 0 Å². The topological polar surface area (TPSA) is 132 Å². The summed E-state index contributed by atoms with van der Waals surface area (Å²) >= 11 is 0. The van der Waals surface area contributed by atoms with Gasteiger partial charge < -0.3 is 0 Å². The molecular formula is C7H8N6O2S. The molecule has 1 aromatic rings. The fraction of sp³-hybridized carbons (Fsp3) is 0.143. The van der Waals surface area contributed by atoms with E-state index in [0.29, 0.717) is 0 Å². The highest BCUT2D eigenvalue weighted by Gasteiger charge is 1.99. The van der Waals surface area contributed by atoms with Gasteiger partial charge in [0.1, 0.15) is 0 Å². The maximum Gasteiger partial charge on any atom is 0.321 e. The predicted molar refractivity (Wildman–Crippen MR) is 58.4 cm³/mol. The standard InChI is InChI=1S/C7H8.N6O2S/c1-7-5-3-2-4-6-7;1-3-5-9(7,8)6-4-2/h2-6H,1H3;. The summed E-state index contributed by atoms with van der Waals surface area (Å²) in [5.74, 6) is 0. The number of aryl methyl sites for hydroxylation is 1. The molecule has 0 atom stereocenters. The summed E-state index contributed by atoms with van der Waals surface area (Å²) < 4.78 is 24.3. The van der Waals surface area contributed by atoms with E-state index in [0.717, 1.165) is 0 Å². The molecule has 0 aliphatic carbocycles. The normalized spacial score (nSPS) is 8.81. The number of hydrogen-bond donors (Lipinski definition) is 0.